The van der Waals surface area contributed by atoms with Crippen LogP contribution in [-0.2, 0) is 9.53 Å². The molecule has 2 N–H and O–H groups in total. The molecular formula is C26H25N3O4. The molecule has 1 unspecified atom stereocenters. The van der Waals surface area contributed by atoms with Gasteiger partial charge in [-0.25, -0.2) is 9.78 Å². The van der Waals surface area contributed by atoms with Gasteiger partial charge in [-0.2, -0.15) is 0 Å². The summed E-state index contributed by atoms with van der Waals surface area (Å²) in [6.45, 7) is 6.03. The van der Waals surface area contributed by atoms with E-state index in [0.29, 0.717) is 23.4 Å². The maximum absolute atomic E-state index is 12.6. The van der Waals surface area contributed by atoms with Gasteiger partial charge < -0.3 is 19.8 Å². The number of hydrogen-bond donors (Lipinski definition) is 2. The fraction of sp³-hybridized carbons (Fsp3) is 0.192. The number of nitrogens with zero attached hydrogens (tertiary/aromatic N) is 1. The lowest BCUT2D eigenvalue weighted by Crippen LogP contribution is -2.30. The molecule has 0 saturated carbocycles. The third-order valence-electron chi connectivity index (χ3n) is 5.13. The van der Waals surface area contributed by atoms with E-state index in [2.05, 4.69) is 15.3 Å². The Hall–Kier alpha value is -4.13. The fourth-order valence-corrected chi connectivity index (χ4v) is 3.31. The Morgan fingerprint density at radius 3 is 2.45 bits per heavy atom. The van der Waals surface area contributed by atoms with Crippen LogP contribution in [0.5, 0.6) is 5.75 Å². The number of ether oxygens (including phenoxy) is 2. The smallest absolute Gasteiger partial charge is 0.338 e. The van der Waals surface area contributed by atoms with Gasteiger partial charge in [-0.1, -0.05) is 29.8 Å². The molecule has 4 rings (SSSR count). The predicted octanol–water partition coefficient (Wildman–Crippen LogP) is 5.12. The van der Waals surface area contributed by atoms with E-state index in [-0.39, 0.29) is 0 Å². The Morgan fingerprint density at radius 1 is 1.03 bits per heavy atom. The molecule has 3 aromatic carbocycles. The van der Waals surface area contributed by atoms with Crippen molar-refractivity contribution in [3.63, 3.8) is 0 Å². The van der Waals surface area contributed by atoms with Gasteiger partial charge in [0.2, 0.25) is 0 Å². The summed E-state index contributed by atoms with van der Waals surface area (Å²) in [6.07, 6.45) is -0.968. The molecule has 7 nitrogen and oxygen atoms in total. The summed E-state index contributed by atoms with van der Waals surface area (Å²) in [5.74, 6) is 0.433. The predicted molar refractivity (Wildman–Crippen MR) is 127 cm³/mol. The van der Waals surface area contributed by atoms with Gasteiger partial charge in [-0.3, -0.25) is 4.79 Å². The lowest BCUT2D eigenvalue weighted by Gasteiger charge is -2.14. The first kappa shape index (κ1) is 22.1. The minimum absolute atomic E-state index is 0.335. The molecule has 0 aliphatic heterocycles. The number of aromatic nitrogens is 2. The highest BCUT2D eigenvalue weighted by Gasteiger charge is 2.20. The largest absolute Gasteiger partial charge is 0.494 e. The molecule has 0 fully saturated rings. The van der Waals surface area contributed by atoms with Crippen LogP contribution >= 0.6 is 0 Å². The van der Waals surface area contributed by atoms with Crippen molar-refractivity contribution in [3.05, 3.63) is 77.9 Å². The van der Waals surface area contributed by atoms with Gasteiger partial charge in [-0.15, -0.1) is 0 Å². The van der Waals surface area contributed by atoms with Gasteiger partial charge in [0.1, 0.15) is 11.6 Å². The maximum atomic E-state index is 12.6. The van der Waals surface area contributed by atoms with Crippen LogP contribution in [0.25, 0.3) is 22.4 Å². The number of imidazole rings is 1. The van der Waals surface area contributed by atoms with Crippen LogP contribution in [0.4, 0.5) is 5.69 Å². The average Bonchev–Trinajstić information content (AvgIpc) is 3.24. The van der Waals surface area contributed by atoms with Crippen LogP contribution in [0, 0.1) is 6.92 Å². The Bertz CT molecular complexity index is 1280. The van der Waals surface area contributed by atoms with E-state index < -0.39 is 18.0 Å². The van der Waals surface area contributed by atoms with Crippen LogP contribution in [0.1, 0.15) is 29.8 Å². The van der Waals surface area contributed by atoms with E-state index in [1.165, 1.54) is 12.5 Å². The van der Waals surface area contributed by atoms with E-state index in [1.54, 1.807) is 42.5 Å². The normalized spacial score (nSPS) is 11.7. The summed E-state index contributed by atoms with van der Waals surface area (Å²) in [5.41, 5.74) is 4.51. The molecule has 1 atom stereocenters. The number of carbonyl (C=O) groups excluding carboxylic acids is 2. The quantitative estimate of drug-likeness (QED) is 0.387. The first-order chi connectivity index (χ1) is 15.9. The highest BCUT2D eigenvalue weighted by atomic mass is 16.5. The molecule has 4 aromatic rings. The SMILES string of the molecule is CCOc1ccc(NC(=O)C(C)OC(=O)c2ccc3nc(-c4ccc(C)cc4)[nH]c3c2)cc1. The number of anilines is 1. The highest BCUT2D eigenvalue weighted by Crippen LogP contribution is 2.22. The second kappa shape index (κ2) is 9.56. The Balaban J connectivity index is 1.42. The van der Waals surface area contributed by atoms with Crippen molar-refractivity contribution in [3.8, 4) is 17.1 Å². The number of fused-ring (bicyclic) bond motifs is 1. The summed E-state index contributed by atoms with van der Waals surface area (Å²) in [4.78, 5) is 32.9. The average molecular weight is 444 g/mol. The number of nitrogens with one attached hydrogen (secondary N) is 2. The number of benzene rings is 3. The van der Waals surface area contributed by atoms with E-state index in [0.717, 1.165) is 22.7 Å². The Labute approximate surface area is 191 Å². The monoisotopic (exact) mass is 443 g/mol. The third kappa shape index (κ3) is 5.20. The number of amides is 1. The Kier molecular flexibility index (Phi) is 6.40. The highest BCUT2D eigenvalue weighted by molar-refractivity contribution is 5.98. The van der Waals surface area contributed by atoms with Gasteiger partial charge >= 0.3 is 5.97 Å². The molecule has 1 heterocycles. The second-order valence-corrected chi connectivity index (χ2v) is 7.68. The van der Waals surface area contributed by atoms with Crippen molar-refractivity contribution in [2.24, 2.45) is 0 Å². The van der Waals surface area contributed by atoms with Crippen LogP contribution < -0.4 is 10.1 Å². The molecule has 0 saturated heterocycles. The van der Waals surface area contributed by atoms with Crippen molar-refractivity contribution in [1.82, 2.24) is 9.97 Å². The molecule has 33 heavy (non-hydrogen) atoms. The fourth-order valence-electron chi connectivity index (χ4n) is 3.31. The van der Waals surface area contributed by atoms with Crippen LogP contribution in [0.15, 0.2) is 66.7 Å². The van der Waals surface area contributed by atoms with Gasteiger partial charge in [0.25, 0.3) is 5.91 Å². The molecule has 1 aromatic heterocycles. The van der Waals surface area contributed by atoms with Crippen molar-refractivity contribution in [1.29, 1.82) is 0 Å². The molecule has 0 spiro atoms. The topological polar surface area (TPSA) is 93.3 Å². The number of esters is 1. The van der Waals surface area contributed by atoms with Gasteiger partial charge in [0.15, 0.2) is 6.10 Å². The molecule has 7 heteroatoms. The first-order valence-corrected chi connectivity index (χ1v) is 10.7. The number of aryl methyl sites for hydroxylation is 1. The molecule has 0 aliphatic rings. The number of rotatable bonds is 7. The minimum atomic E-state index is -0.968. The minimum Gasteiger partial charge on any atom is -0.494 e. The first-order valence-electron chi connectivity index (χ1n) is 10.7. The van der Waals surface area contributed by atoms with E-state index in [4.69, 9.17) is 9.47 Å². The lowest BCUT2D eigenvalue weighted by molar-refractivity contribution is -0.123. The van der Waals surface area contributed by atoms with Crippen LogP contribution in [0.3, 0.4) is 0 Å². The lowest BCUT2D eigenvalue weighted by atomic mass is 10.1. The van der Waals surface area contributed by atoms with Crippen molar-refractivity contribution >= 4 is 28.6 Å². The standard InChI is InChI=1S/C26H25N3O4/c1-4-32-21-12-10-20(11-13-21)27-25(30)17(3)33-26(31)19-9-14-22-23(15-19)29-24(28-22)18-7-5-16(2)6-8-18/h5-15,17H,4H2,1-3H3,(H,27,30)(H,28,29). The van der Waals surface area contributed by atoms with Crippen molar-refractivity contribution in [2.75, 3.05) is 11.9 Å². The molecule has 168 valence electrons. The maximum Gasteiger partial charge on any atom is 0.338 e. The van der Waals surface area contributed by atoms with Gasteiger partial charge in [0.05, 0.1) is 23.2 Å². The molecule has 0 radical (unpaired) electrons. The van der Waals surface area contributed by atoms with E-state index >= 15 is 0 Å². The van der Waals surface area contributed by atoms with Gasteiger partial charge in [0, 0.05) is 11.3 Å². The molecular weight excluding hydrogens is 418 g/mol. The number of hydrogen-bond acceptors (Lipinski definition) is 5. The van der Waals surface area contributed by atoms with E-state index in [9.17, 15) is 9.59 Å². The summed E-state index contributed by atoms with van der Waals surface area (Å²) in [7, 11) is 0. The summed E-state index contributed by atoms with van der Waals surface area (Å²) in [6, 6.07) is 20.1. The van der Waals surface area contributed by atoms with Crippen molar-refractivity contribution in [2.45, 2.75) is 26.9 Å². The van der Waals surface area contributed by atoms with Crippen LogP contribution in [0.2, 0.25) is 0 Å². The number of H-pyrrole nitrogens is 1. The molecule has 1 amide bonds. The van der Waals surface area contributed by atoms with E-state index in [1.807, 2.05) is 38.1 Å². The van der Waals surface area contributed by atoms with Gasteiger partial charge in [-0.05, 0) is 63.2 Å². The zero-order valence-electron chi connectivity index (χ0n) is 18.7. The summed E-state index contributed by atoms with van der Waals surface area (Å²) < 4.78 is 10.8. The third-order valence-corrected chi connectivity index (χ3v) is 5.13. The van der Waals surface area contributed by atoms with Crippen LogP contribution in [-0.4, -0.2) is 34.6 Å². The zero-order valence-corrected chi connectivity index (χ0v) is 18.7. The second-order valence-electron chi connectivity index (χ2n) is 7.68. The summed E-state index contributed by atoms with van der Waals surface area (Å²) in [5, 5.41) is 2.74. The van der Waals surface area contributed by atoms with Crippen molar-refractivity contribution < 1.29 is 19.1 Å². The Morgan fingerprint density at radius 2 is 1.76 bits per heavy atom. The number of aromatic amines is 1. The number of carbonyl (C=O) groups is 2. The molecule has 0 aliphatic carbocycles. The zero-order chi connectivity index (χ0) is 23.4. The molecule has 0 bridgehead atoms. The summed E-state index contributed by atoms with van der Waals surface area (Å²) >= 11 is 0.